The van der Waals surface area contributed by atoms with Crippen LogP contribution in [0.2, 0.25) is 0 Å². The summed E-state index contributed by atoms with van der Waals surface area (Å²) in [6.45, 7) is 24.1. The van der Waals surface area contributed by atoms with Gasteiger partial charge in [-0.1, -0.05) is 62.3 Å². The molecular formula is C34H48O3P+. The zero-order chi connectivity index (χ0) is 28.2. The molecule has 4 heteroatoms. The second-order valence-corrected chi connectivity index (χ2v) is 17.6. The van der Waals surface area contributed by atoms with E-state index in [1.54, 1.807) is 0 Å². The van der Waals surface area contributed by atoms with E-state index in [1.165, 1.54) is 15.9 Å². The maximum Gasteiger partial charge on any atom is 0.119 e. The third-order valence-electron chi connectivity index (χ3n) is 6.07. The van der Waals surface area contributed by atoms with Crippen molar-refractivity contribution in [2.75, 3.05) is 26.5 Å². The largest absolute Gasteiger partial charge is 0.493 e. The first-order chi connectivity index (χ1) is 17.6. The van der Waals surface area contributed by atoms with E-state index in [9.17, 15) is 0 Å². The summed E-state index contributed by atoms with van der Waals surface area (Å²) in [4.78, 5) is 0. The van der Waals surface area contributed by atoms with E-state index in [0.29, 0.717) is 19.8 Å². The Hall–Kier alpha value is -2.51. The predicted molar refractivity (Wildman–Crippen MR) is 166 cm³/mol. The van der Waals surface area contributed by atoms with E-state index in [-0.39, 0.29) is 16.2 Å². The topological polar surface area (TPSA) is 27.7 Å². The number of rotatable bonds is 9. The molecule has 3 aromatic carbocycles. The van der Waals surface area contributed by atoms with Gasteiger partial charge in [0, 0.05) is 0 Å². The van der Waals surface area contributed by atoms with Gasteiger partial charge in [0.25, 0.3) is 0 Å². The smallest absolute Gasteiger partial charge is 0.119 e. The van der Waals surface area contributed by atoms with Crippen molar-refractivity contribution < 1.29 is 14.2 Å². The maximum atomic E-state index is 6.07. The zero-order valence-corrected chi connectivity index (χ0v) is 26.1. The molecule has 0 amide bonds. The molecule has 0 spiro atoms. The Morgan fingerprint density at radius 3 is 0.816 bits per heavy atom. The lowest BCUT2D eigenvalue weighted by atomic mass is 9.99. The van der Waals surface area contributed by atoms with Crippen molar-refractivity contribution in [1.82, 2.24) is 0 Å². The number of hydrogen-bond acceptors (Lipinski definition) is 3. The molecule has 0 aliphatic carbocycles. The lowest BCUT2D eigenvalue weighted by Crippen LogP contribution is -2.30. The Labute approximate surface area is 232 Å². The first-order valence-electron chi connectivity index (χ1n) is 13.6. The Balaban J connectivity index is 1.95. The van der Waals surface area contributed by atoms with Crippen LogP contribution in [0, 0.1) is 16.2 Å². The normalized spacial score (nSPS) is 12.8. The molecule has 3 aromatic rings. The van der Waals surface area contributed by atoms with Gasteiger partial charge in [-0.25, -0.2) is 0 Å². The second-order valence-electron chi connectivity index (χ2n) is 14.0. The predicted octanol–water partition coefficient (Wildman–Crippen LogP) is 7.89. The highest BCUT2D eigenvalue weighted by molar-refractivity contribution is 7.95. The molecule has 3 rings (SSSR count). The Kier molecular flexibility index (Phi) is 9.25. The molecular weight excluding hydrogens is 487 g/mol. The quantitative estimate of drug-likeness (QED) is 0.261. The van der Waals surface area contributed by atoms with Gasteiger partial charge in [0.1, 0.15) is 40.4 Å². The van der Waals surface area contributed by atoms with E-state index >= 15 is 0 Å². The van der Waals surface area contributed by atoms with Crippen LogP contribution in [0.5, 0.6) is 17.2 Å². The summed E-state index contributed by atoms with van der Waals surface area (Å²) < 4.78 is 18.2. The fraction of sp³-hybridized carbons (Fsp3) is 0.471. The minimum absolute atomic E-state index is 0.119. The molecule has 0 atom stereocenters. The van der Waals surface area contributed by atoms with Crippen molar-refractivity contribution in [1.29, 1.82) is 0 Å². The minimum atomic E-state index is -1.91. The van der Waals surface area contributed by atoms with E-state index in [1.807, 2.05) is 0 Å². The van der Waals surface area contributed by atoms with Crippen LogP contribution in [0.4, 0.5) is 0 Å². The van der Waals surface area contributed by atoms with Crippen LogP contribution in [-0.4, -0.2) is 26.5 Å². The molecule has 38 heavy (non-hydrogen) atoms. The maximum absolute atomic E-state index is 6.07. The molecule has 0 aliphatic heterocycles. The third-order valence-corrected chi connectivity index (χ3v) is 10.1. The molecule has 0 saturated heterocycles. The van der Waals surface area contributed by atoms with E-state index in [0.717, 1.165) is 17.2 Å². The summed E-state index contributed by atoms with van der Waals surface area (Å²) in [5, 5.41) is 3.94. The third kappa shape index (κ3) is 8.77. The molecule has 0 aromatic heterocycles. The van der Waals surface area contributed by atoms with Crippen molar-refractivity contribution in [3.63, 3.8) is 0 Å². The molecule has 0 aliphatic rings. The van der Waals surface area contributed by atoms with Crippen LogP contribution in [0.25, 0.3) is 0 Å². The highest BCUT2D eigenvalue weighted by atomic mass is 31.2. The first kappa shape index (κ1) is 30.0. The van der Waals surface area contributed by atoms with Gasteiger partial charge in [0.05, 0.1) is 26.5 Å². The van der Waals surface area contributed by atoms with Crippen LogP contribution in [0.3, 0.4) is 0 Å². The Morgan fingerprint density at radius 1 is 0.421 bits per heavy atom. The van der Waals surface area contributed by atoms with Crippen LogP contribution < -0.4 is 30.1 Å². The standard InChI is InChI=1S/C34H48O3P/c1-32(2,3)23-35-26-11-17-29(18-12-26)38(10,30-19-13-27(14-20-30)36-24-33(4,5)6)31-21-15-28(16-22-31)37-25-34(7,8)9/h11-22H,23-25H2,1-10H3/q+1. The lowest BCUT2D eigenvalue weighted by molar-refractivity contribution is 0.198. The van der Waals surface area contributed by atoms with Crippen molar-refractivity contribution >= 4 is 23.2 Å². The van der Waals surface area contributed by atoms with E-state index in [2.05, 4.69) is 142 Å². The van der Waals surface area contributed by atoms with E-state index in [4.69, 9.17) is 14.2 Å². The van der Waals surface area contributed by atoms with Crippen LogP contribution in [0.15, 0.2) is 72.8 Å². The highest BCUT2D eigenvalue weighted by Crippen LogP contribution is 2.52. The van der Waals surface area contributed by atoms with Gasteiger partial charge < -0.3 is 14.2 Å². The Morgan fingerprint density at radius 2 is 0.632 bits per heavy atom. The lowest BCUT2D eigenvalue weighted by Gasteiger charge is -2.25. The summed E-state index contributed by atoms with van der Waals surface area (Å²) in [6, 6.07) is 26.1. The van der Waals surface area contributed by atoms with Gasteiger partial charge in [-0.05, 0) is 89.0 Å². The SMILES string of the molecule is CC(C)(C)COc1ccc([P+](C)(c2ccc(OCC(C)(C)C)cc2)c2ccc(OCC(C)(C)C)cc2)cc1. The van der Waals surface area contributed by atoms with Crippen molar-refractivity contribution in [3.8, 4) is 17.2 Å². The van der Waals surface area contributed by atoms with Crippen LogP contribution in [0.1, 0.15) is 62.3 Å². The monoisotopic (exact) mass is 535 g/mol. The Bertz CT molecular complexity index is 994. The first-order valence-corrected chi connectivity index (χ1v) is 15.9. The summed E-state index contributed by atoms with van der Waals surface area (Å²) in [7, 11) is -1.91. The van der Waals surface area contributed by atoms with Gasteiger partial charge in [-0.3, -0.25) is 0 Å². The molecule has 0 bridgehead atoms. The fourth-order valence-electron chi connectivity index (χ4n) is 3.87. The average molecular weight is 536 g/mol. The molecule has 3 nitrogen and oxygen atoms in total. The van der Waals surface area contributed by atoms with Gasteiger partial charge in [-0.2, -0.15) is 0 Å². The number of hydrogen-bond donors (Lipinski definition) is 0. The summed E-state index contributed by atoms with van der Waals surface area (Å²) in [6.07, 6.45) is 0. The highest BCUT2D eigenvalue weighted by Gasteiger charge is 2.40. The van der Waals surface area contributed by atoms with Crippen molar-refractivity contribution in [2.24, 2.45) is 16.2 Å². The molecule has 0 heterocycles. The second kappa shape index (κ2) is 11.7. The number of benzene rings is 3. The number of ether oxygens (including phenoxy) is 3. The van der Waals surface area contributed by atoms with Gasteiger partial charge in [0.15, 0.2) is 0 Å². The van der Waals surface area contributed by atoms with Gasteiger partial charge >= 0.3 is 0 Å². The average Bonchev–Trinajstić information content (AvgIpc) is 2.84. The minimum Gasteiger partial charge on any atom is -0.493 e. The molecule has 0 unspecified atom stereocenters. The van der Waals surface area contributed by atoms with Crippen molar-refractivity contribution in [2.45, 2.75) is 62.3 Å². The molecule has 0 saturated carbocycles. The van der Waals surface area contributed by atoms with E-state index < -0.39 is 7.26 Å². The van der Waals surface area contributed by atoms with Crippen LogP contribution >= 0.6 is 7.26 Å². The summed E-state index contributed by atoms with van der Waals surface area (Å²) in [5.41, 5.74) is 0.357. The van der Waals surface area contributed by atoms with Crippen molar-refractivity contribution in [3.05, 3.63) is 72.8 Å². The molecule has 0 fully saturated rings. The van der Waals surface area contributed by atoms with Crippen LogP contribution in [-0.2, 0) is 0 Å². The van der Waals surface area contributed by atoms with Gasteiger partial charge in [0.2, 0.25) is 0 Å². The zero-order valence-electron chi connectivity index (χ0n) is 25.2. The fourth-order valence-corrected chi connectivity index (χ4v) is 7.00. The molecule has 0 N–H and O–H groups in total. The molecule has 206 valence electrons. The summed E-state index contributed by atoms with van der Waals surface area (Å²) >= 11 is 0. The summed E-state index contributed by atoms with van der Waals surface area (Å²) in [5.74, 6) is 2.73. The van der Waals surface area contributed by atoms with Gasteiger partial charge in [-0.15, -0.1) is 0 Å². The molecule has 0 radical (unpaired) electrons.